The number of fused-ring (bicyclic) bond motifs is 2. The van der Waals surface area contributed by atoms with Crippen LogP contribution in [0.4, 0.5) is 0 Å². The Morgan fingerprint density at radius 1 is 0.625 bits per heavy atom. The van der Waals surface area contributed by atoms with E-state index in [0.717, 1.165) is 12.1 Å². The van der Waals surface area contributed by atoms with Crippen molar-refractivity contribution in [2.24, 2.45) is 0 Å². The van der Waals surface area contributed by atoms with Crippen LogP contribution in [0.15, 0.2) is 48.5 Å². The van der Waals surface area contributed by atoms with E-state index in [1.165, 1.54) is 0 Å². The summed E-state index contributed by atoms with van der Waals surface area (Å²) in [4.78, 5) is 0. The zero-order valence-electron chi connectivity index (χ0n) is 14.6. The minimum Gasteiger partial charge on any atom is -0.609 e. The molecule has 2 aromatic rings. The molecule has 0 amide bonds. The summed E-state index contributed by atoms with van der Waals surface area (Å²) in [6.45, 7) is 6.63. The van der Waals surface area contributed by atoms with Crippen LogP contribution in [0.3, 0.4) is 0 Å². The van der Waals surface area contributed by atoms with Crippen molar-refractivity contribution in [3.63, 3.8) is 0 Å². The Morgan fingerprint density at radius 3 is 1.12 bits per heavy atom. The van der Waals surface area contributed by atoms with Gasteiger partial charge in [-0.05, 0) is 52.0 Å². The fraction of sp³-hybridized carbons (Fsp3) is 0.333. The number of benzene rings is 2. The predicted molar refractivity (Wildman–Crippen MR) is 93.3 cm³/mol. The molecule has 0 fully saturated rings. The maximum Gasteiger partial charge on any atom is 0.777 e. The van der Waals surface area contributed by atoms with Gasteiger partial charge in [0.1, 0.15) is 23.0 Å². The Bertz CT molecular complexity index is 592. The van der Waals surface area contributed by atoms with Gasteiger partial charge in [-0.15, -0.1) is 0 Å². The monoisotopic (exact) mass is 329 g/mol. The molecule has 5 nitrogen and oxygen atoms in total. The molecule has 24 heavy (non-hydrogen) atoms. The summed E-state index contributed by atoms with van der Waals surface area (Å²) in [5, 5.41) is 2.33. The van der Waals surface area contributed by atoms with E-state index in [-0.39, 0.29) is 0 Å². The van der Waals surface area contributed by atoms with Crippen LogP contribution in [0.5, 0.6) is 23.0 Å². The second-order valence-corrected chi connectivity index (χ2v) is 6.62. The zero-order valence-corrected chi connectivity index (χ0v) is 14.6. The summed E-state index contributed by atoms with van der Waals surface area (Å²) >= 11 is 0. The Balaban J connectivity index is 0.000000209. The van der Waals surface area contributed by atoms with Gasteiger partial charge in [0.25, 0.3) is 0 Å². The molecule has 0 aliphatic carbocycles. The van der Waals surface area contributed by atoms with Gasteiger partial charge in [0.05, 0.1) is 12.1 Å². The average Bonchev–Trinajstić information content (AvgIpc) is 3.04. The first-order valence-electron chi connectivity index (χ1n) is 8.39. The van der Waals surface area contributed by atoms with Crippen LogP contribution in [0.2, 0.25) is 0 Å². The highest BCUT2D eigenvalue weighted by atomic mass is 16.9. The van der Waals surface area contributed by atoms with Crippen LogP contribution in [-0.2, 0) is 0 Å². The van der Waals surface area contributed by atoms with Crippen LogP contribution in [0, 0.1) is 0 Å². The number of hydrogen-bond acceptors (Lipinski definition) is 4. The molecule has 2 aliphatic rings. The molecule has 128 valence electrons. The van der Waals surface area contributed by atoms with Crippen LogP contribution >= 0.6 is 0 Å². The van der Waals surface area contributed by atoms with Gasteiger partial charge in [0, 0.05) is 0 Å². The molecule has 0 saturated heterocycles. The van der Waals surface area contributed by atoms with Crippen molar-refractivity contribution in [1.29, 1.82) is 0 Å². The normalized spacial score (nSPS) is 15.6. The van der Waals surface area contributed by atoms with E-state index >= 15 is 0 Å². The summed E-state index contributed by atoms with van der Waals surface area (Å²) < 4.78 is 22.5. The number of para-hydroxylation sites is 4. The fourth-order valence-corrected chi connectivity index (χ4v) is 2.83. The number of rotatable bonds is 2. The largest absolute Gasteiger partial charge is 0.777 e. The summed E-state index contributed by atoms with van der Waals surface area (Å²) in [6, 6.07) is 16.3. The first-order chi connectivity index (χ1) is 11.5. The van der Waals surface area contributed by atoms with Crippen molar-refractivity contribution in [1.82, 2.24) is 0 Å². The third kappa shape index (κ3) is 3.59. The van der Waals surface area contributed by atoms with Gasteiger partial charge in [-0.1, -0.05) is 24.3 Å². The lowest BCUT2D eigenvalue weighted by atomic mass is 10.1. The highest BCUT2D eigenvalue weighted by molar-refractivity contribution is 6.59. The predicted octanol–water partition coefficient (Wildman–Crippen LogP) is 2.73. The second-order valence-electron chi connectivity index (χ2n) is 6.62. The second kappa shape index (κ2) is 6.65. The fourth-order valence-electron chi connectivity index (χ4n) is 2.83. The first-order valence-corrected chi connectivity index (χ1v) is 8.39. The molecule has 0 unspecified atom stereocenters. The number of quaternary nitrogens is 1. The molecule has 2 heterocycles. The van der Waals surface area contributed by atoms with Crippen LogP contribution in [0.25, 0.3) is 0 Å². The number of hydrogen-bond donors (Lipinski definition) is 1. The van der Waals surface area contributed by atoms with Gasteiger partial charge >= 0.3 is 6.96 Å². The molecule has 2 aliphatic heterocycles. The molecule has 0 bridgehead atoms. The van der Waals surface area contributed by atoms with Crippen LogP contribution < -0.4 is 23.9 Å². The van der Waals surface area contributed by atoms with E-state index in [1.54, 1.807) is 0 Å². The summed E-state index contributed by atoms with van der Waals surface area (Å²) in [5.74, 6) is 2.56. The first kappa shape index (κ1) is 16.5. The molecule has 0 aromatic heterocycles. The Labute approximate surface area is 142 Å². The van der Waals surface area contributed by atoms with E-state index in [4.69, 9.17) is 18.6 Å². The van der Waals surface area contributed by atoms with Crippen LogP contribution in [0.1, 0.15) is 27.7 Å². The summed E-state index contributed by atoms with van der Waals surface area (Å²) in [6.07, 6.45) is 0. The van der Waals surface area contributed by atoms with E-state index in [2.05, 4.69) is 33.0 Å². The highest BCUT2D eigenvalue weighted by Gasteiger charge is 2.51. The topological polar surface area (TPSA) is 53.5 Å². The van der Waals surface area contributed by atoms with Crippen molar-refractivity contribution < 1.29 is 23.9 Å². The molecule has 4 rings (SSSR count). The third-order valence-electron chi connectivity index (χ3n) is 3.55. The molecular formula is C18H24BNO4. The lowest BCUT2D eigenvalue weighted by Gasteiger charge is -2.27. The van der Waals surface area contributed by atoms with E-state index < -0.39 is 6.96 Å². The van der Waals surface area contributed by atoms with E-state index in [9.17, 15) is 0 Å². The average molecular weight is 329 g/mol. The standard InChI is InChI=1S/C12H8BO4.C6H15N/c1-2-6-10-9(5-1)14-13(15-10)16-11-7-3-4-8-12(11)17-13;1-5(2)7-6(3)4/h1-8H;5-7H,1-4H3/q-1;/p+1. The van der Waals surface area contributed by atoms with Crippen molar-refractivity contribution in [2.45, 2.75) is 39.8 Å². The quantitative estimate of drug-likeness (QED) is 0.861. The Hall–Kier alpha value is -2.34. The van der Waals surface area contributed by atoms with Crippen LogP contribution in [-0.4, -0.2) is 19.0 Å². The van der Waals surface area contributed by atoms with E-state index in [0.29, 0.717) is 23.0 Å². The SMILES string of the molecule is CC(C)[NH2+]C(C)C.c1ccc2c(c1)O[B-]1(O2)Oc2ccccc2O1. The van der Waals surface area contributed by atoms with E-state index in [1.807, 2.05) is 48.5 Å². The van der Waals surface area contributed by atoms with Crippen molar-refractivity contribution in [3.8, 4) is 23.0 Å². The number of nitrogens with two attached hydrogens (primary N) is 1. The van der Waals surface area contributed by atoms with Gasteiger partial charge in [-0.2, -0.15) is 0 Å². The van der Waals surface area contributed by atoms with Gasteiger partial charge in [-0.25, -0.2) is 0 Å². The minimum absolute atomic E-state index is 0.639. The summed E-state index contributed by atoms with van der Waals surface area (Å²) in [5.41, 5.74) is 0. The Kier molecular flexibility index (Phi) is 4.58. The molecule has 0 atom stereocenters. The van der Waals surface area contributed by atoms with Gasteiger partial charge in [0.15, 0.2) is 0 Å². The van der Waals surface area contributed by atoms with Gasteiger partial charge in [-0.3, -0.25) is 0 Å². The zero-order chi connectivity index (χ0) is 17.2. The van der Waals surface area contributed by atoms with Crippen molar-refractivity contribution in [3.05, 3.63) is 48.5 Å². The highest BCUT2D eigenvalue weighted by Crippen LogP contribution is 2.44. The lowest BCUT2D eigenvalue weighted by molar-refractivity contribution is -0.709. The van der Waals surface area contributed by atoms with Gasteiger partial charge in [0.2, 0.25) is 0 Å². The third-order valence-corrected chi connectivity index (χ3v) is 3.55. The maximum atomic E-state index is 5.63. The van der Waals surface area contributed by atoms with Gasteiger partial charge < -0.3 is 23.9 Å². The molecule has 0 radical (unpaired) electrons. The minimum atomic E-state index is -2.21. The molecule has 0 saturated carbocycles. The molecule has 2 aromatic carbocycles. The Morgan fingerprint density at radius 2 is 0.917 bits per heavy atom. The molecule has 2 N–H and O–H groups in total. The molecule has 6 heteroatoms. The molecular weight excluding hydrogens is 305 g/mol. The summed E-state index contributed by atoms with van der Waals surface area (Å²) in [7, 11) is 0. The lowest BCUT2D eigenvalue weighted by Crippen LogP contribution is -2.92. The smallest absolute Gasteiger partial charge is 0.609 e. The van der Waals surface area contributed by atoms with Crippen molar-refractivity contribution >= 4 is 6.96 Å². The van der Waals surface area contributed by atoms with Crippen molar-refractivity contribution in [2.75, 3.05) is 0 Å². The maximum absolute atomic E-state index is 5.63. The molecule has 1 spiro atoms.